The van der Waals surface area contributed by atoms with Gasteiger partial charge in [-0.25, -0.2) is 26.9 Å². The molecule has 0 atom stereocenters. The molecular formula is C23H13Cl2F5N6S3. The number of anilines is 5. The van der Waals surface area contributed by atoms with Gasteiger partial charge in [0.2, 0.25) is 5.82 Å². The lowest BCUT2D eigenvalue weighted by Gasteiger charge is -2.21. The van der Waals surface area contributed by atoms with Crippen LogP contribution in [0.1, 0.15) is 0 Å². The number of nitrogens with zero attached hydrogens (tertiary/aromatic N) is 4. The Morgan fingerprint density at radius 2 is 1.33 bits per heavy atom. The van der Waals surface area contributed by atoms with Crippen molar-refractivity contribution in [3.63, 3.8) is 0 Å². The Labute approximate surface area is 239 Å². The molecule has 0 fully saturated rings. The fraction of sp³-hybridized carbons (Fsp3) is 0. The van der Waals surface area contributed by atoms with Crippen molar-refractivity contribution in [3.05, 3.63) is 92.5 Å². The quantitative estimate of drug-likeness (QED) is 0.0661. The number of thiophene rings is 2. The second-order valence-electron chi connectivity index (χ2n) is 7.21. The topological polar surface area (TPSA) is 92.9 Å². The van der Waals surface area contributed by atoms with Crippen LogP contribution >= 0.6 is 57.2 Å². The van der Waals surface area contributed by atoms with Crippen molar-refractivity contribution >= 4 is 94.4 Å². The molecule has 0 aliphatic heterocycles. The van der Waals surface area contributed by atoms with E-state index < -0.39 is 34.8 Å². The number of hydrogen-bond acceptors (Lipinski definition) is 9. The molecule has 4 N–H and O–H groups in total. The average molecular weight is 635 g/mol. The molecule has 5 rings (SSSR count). The van der Waals surface area contributed by atoms with E-state index in [-0.39, 0.29) is 15.3 Å². The Morgan fingerprint density at radius 3 is 1.79 bits per heavy atom. The van der Waals surface area contributed by atoms with Crippen molar-refractivity contribution in [1.29, 1.82) is 0 Å². The molecule has 0 unspecified atom stereocenters. The third-order valence-electron chi connectivity index (χ3n) is 4.71. The van der Waals surface area contributed by atoms with Crippen LogP contribution in [-0.4, -0.2) is 4.98 Å². The maximum Gasteiger partial charge on any atom is 0.200 e. The number of rotatable bonds is 5. The van der Waals surface area contributed by atoms with Gasteiger partial charge in [0.05, 0.1) is 10.7 Å². The zero-order chi connectivity index (χ0) is 28.3. The Hall–Kier alpha value is -3.30. The van der Waals surface area contributed by atoms with Crippen LogP contribution in [0.25, 0.3) is 0 Å². The zero-order valence-corrected chi connectivity index (χ0v) is 23.0. The lowest BCUT2D eigenvalue weighted by Crippen LogP contribution is -2.06. The van der Waals surface area contributed by atoms with E-state index in [1.165, 1.54) is 0 Å². The average Bonchev–Trinajstić information content (AvgIpc) is 3.68. The molecule has 3 heterocycles. The Kier molecular flexibility index (Phi) is 9.02. The maximum absolute atomic E-state index is 13.3. The minimum Gasteiger partial charge on any atom is -0.398 e. The minimum atomic E-state index is -2.28. The van der Waals surface area contributed by atoms with Gasteiger partial charge in [-0.1, -0.05) is 34.5 Å². The van der Waals surface area contributed by atoms with Gasteiger partial charge in [-0.3, -0.25) is 4.90 Å². The van der Waals surface area contributed by atoms with E-state index in [1.807, 2.05) is 30.3 Å². The summed E-state index contributed by atoms with van der Waals surface area (Å²) < 4.78 is 65.1. The summed E-state index contributed by atoms with van der Waals surface area (Å²) >= 11 is 15.8. The molecular weight excluding hydrogens is 622 g/mol. The monoisotopic (exact) mass is 634 g/mol. The molecule has 0 saturated carbocycles. The second kappa shape index (κ2) is 12.3. The van der Waals surface area contributed by atoms with Crippen LogP contribution in [0, 0.1) is 29.1 Å². The van der Waals surface area contributed by atoms with Gasteiger partial charge >= 0.3 is 0 Å². The lowest BCUT2D eigenvalue weighted by atomic mass is 10.2. The molecule has 2 aromatic carbocycles. The van der Waals surface area contributed by atoms with Crippen LogP contribution in [0.15, 0.2) is 63.5 Å². The molecule has 3 aromatic heterocycles. The predicted molar refractivity (Wildman–Crippen MR) is 148 cm³/mol. The van der Waals surface area contributed by atoms with Gasteiger partial charge in [0.15, 0.2) is 44.2 Å². The molecule has 0 aliphatic rings. The molecule has 0 bridgehead atoms. The molecule has 16 heteroatoms. The highest BCUT2D eigenvalue weighted by molar-refractivity contribution is 7.19. The van der Waals surface area contributed by atoms with E-state index in [1.54, 1.807) is 22.7 Å². The largest absolute Gasteiger partial charge is 0.398 e. The van der Waals surface area contributed by atoms with E-state index in [0.29, 0.717) is 10.7 Å². The lowest BCUT2D eigenvalue weighted by molar-refractivity contribution is 0.380. The number of aromatic nitrogens is 1. The van der Waals surface area contributed by atoms with Crippen molar-refractivity contribution in [3.8, 4) is 0 Å². The predicted octanol–water partition coefficient (Wildman–Crippen LogP) is 10.0. The fourth-order valence-corrected chi connectivity index (χ4v) is 5.56. The summed E-state index contributed by atoms with van der Waals surface area (Å²) in [5.41, 5.74) is 11.3. The van der Waals surface area contributed by atoms with Crippen LogP contribution in [-0.2, 0) is 0 Å². The van der Waals surface area contributed by atoms with Gasteiger partial charge in [-0.2, -0.15) is 0 Å². The normalized spacial score (nSPS) is 11.1. The third-order valence-corrected chi connectivity index (χ3v) is 7.89. The zero-order valence-electron chi connectivity index (χ0n) is 19.0. The first-order valence-corrected chi connectivity index (χ1v) is 13.7. The smallest absolute Gasteiger partial charge is 0.200 e. The number of hydrogen-bond donors (Lipinski definition) is 2. The Morgan fingerprint density at radius 1 is 0.769 bits per heavy atom. The van der Waals surface area contributed by atoms with Gasteiger partial charge in [0.1, 0.15) is 10.0 Å². The number of azo groups is 1. The van der Waals surface area contributed by atoms with E-state index >= 15 is 0 Å². The molecule has 0 aliphatic carbocycles. The molecule has 6 nitrogen and oxygen atoms in total. The van der Waals surface area contributed by atoms with E-state index in [2.05, 4.69) is 43.0 Å². The summed E-state index contributed by atoms with van der Waals surface area (Å²) in [7, 11) is 0. The summed E-state index contributed by atoms with van der Waals surface area (Å²) in [6, 6.07) is 14.0. The Bertz CT molecular complexity index is 1560. The fourth-order valence-electron chi connectivity index (χ4n) is 2.96. The number of thiazole rings is 1. The summed E-state index contributed by atoms with van der Waals surface area (Å²) in [5, 5.41) is 12.9. The van der Waals surface area contributed by atoms with Crippen LogP contribution in [0.3, 0.4) is 0 Å². The first kappa shape index (κ1) is 28.7. The maximum atomic E-state index is 13.3. The first-order valence-electron chi connectivity index (χ1n) is 10.4. The molecule has 5 aromatic rings. The van der Waals surface area contributed by atoms with Gasteiger partial charge in [0.25, 0.3) is 0 Å². The molecule has 0 amide bonds. The minimum absolute atomic E-state index is 0.00126. The first-order chi connectivity index (χ1) is 18.6. The van der Waals surface area contributed by atoms with Crippen molar-refractivity contribution in [2.45, 2.75) is 0 Å². The van der Waals surface area contributed by atoms with Gasteiger partial charge < -0.3 is 11.5 Å². The second-order valence-corrected chi connectivity index (χ2v) is 10.8. The van der Waals surface area contributed by atoms with Gasteiger partial charge in [-0.15, -0.1) is 32.9 Å². The standard InChI is InChI=1S/C14H11ClN2S2.C9H2ClF5N4S/c15-11-9-10(5-6-12(11)16)17(13-3-1-7-18-13)14-4-2-8-19-14;10-7-8(20-9(16)17-7)19-18-6-4(14)2(12)1(11)3(13)5(6)15/h1-9H,16H2;(H2,16,17). The number of halogens is 7. The van der Waals surface area contributed by atoms with Gasteiger partial charge in [0, 0.05) is 5.69 Å². The summed E-state index contributed by atoms with van der Waals surface area (Å²) in [6.45, 7) is 0. The molecule has 0 saturated heterocycles. The molecule has 0 spiro atoms. The highest BCUT2D eigenvalue weighted by atomic mass is 35.5. The van der Waals surface area contributed by atoms with E-state index in [0.717, 1.165) is 27.0 Å². The van der Waals surface area contributed by atoms with Gasteiger partial charge in [-0.05, 0) is 53.2 Å². The molecule has 0 radical (unpaired) electrons. The SMILES string of the molecule is Nc1ccc(N(c2cccs2)c2cccs2)cc1Cl.Nc1nc(Cl)c(N=Nc2c(F)c(F)c(F)c(F)c2F)s1. The third kappa shape index (κ3) is 6.31. The molecule has 39 heavy (non-hydrogen) atoms. The number of nitrogen functional groups attached to an aromatic ring is 2. The highest BCUT2D eigenvalue weighted by Crippen LogP contribution is 2.41. The van der Waals surface area contributed by atoms with Crippen molar-refractivity contribution in [2.75, 3.05) is 16.4 Å². The van der Waals surface area contributed by atoms with E-state index in [4.69, 9.17) is 34.7 Å². The Balaban J connectivity index is 0.000000181. The summed E-state index contributed by atoms with van der Waals surface area (Å²) in [5.74, 6) is -10.7. The summed E-state index contributed by atoms with van der Waals surface area (Å²) in [4.78, 5) is 5.71. The number of nitrogens with two attached hydrogens (primary N) is 2. The van der Waals surface area contributed by atoms with Crippen molar-refractivity contribution in [1.82, 2.24) is 4.98 Å². The number of benzene rings is 2. The van der Waals surface area contributed by atoms with E-state index in [9.17, 15) is 22.0 Å². The van der Waals surface area contributed by atoms with Crippen LogP contribution in [0.4, 0.5) is 59.1 Å². The van der Waals surface area contributed by atoms with Crippen molar-refractivity contribution in [2.24, 2.45) is 10.2 Å². The van der Waals surface area contributed by atoms with Crippen molar-refractivity contribution < 1.29 is 22.0 Å². The van der Waals surface area contributed by atoms with Crippen LogP contribution in [0.5, 0.6) is 0 Å². The molecule has 202 valence electrons. The highest BCUT2D eigenvalue weighted by Gasteiger charge is 2.26. The van der Waals surface area contributed by atoms with Crippen LogP contribution < -0.4 is 16.4 Å². The van der Waals surface area contributed by atoms with Crippen LogP contribution in [0.2, 0.25) is 10.2 Å². The summed E-state index contributed by atoms with van der Waals surface area (Å²) in [6.07, 6.45) is 0.